The van der Waals surface area contributed by atoms with Crippen LogP contribution >= 0.6 is 11.8 Å². The van der Waals surface area contributed by atoms with Crippen LogP contribution in [-0.2, 0) is 5.75 Å². The number of benzene rings is 2. The number of aromatic nitrogens is 4. The van der Waals surface area contributed by atoms with Crippen LogP contribution in [0, 0.1) is 24.0 Å². The standard InChI is InChI=1S/C20H17N5O3S/c1-12-3-4-13(2)14(9-12)11-29-20-22-18-17(19(26)23-20)10-21-24(18)15-5-7-16(8-6-15)25(27)28/h3-10H,11H2,1-2H3,(H,22,23,26). The van der Waals surface area contributed by atoms with Gasteiger partial charge in [-0.3, -0.25) is 14.9 Å². The van der Waals surface area contributed by atoms with Crippen LogP contribution in [0.3, 0.4) is 0 Å². The number of hydrogen-bond donors (Lipinski definition) is 1. The zero-order valence-corrected chi connectivity index (χ0v) is 16.6. The second-order valence-electron chi connectivity index (χ2n) is 6.66. The van der Waals surface area contributed by atoms with E-state index in [-0.39, 0.29) is 11.2 Å². The first-order valence-corrected chi connectivity index (χ1v) is 9.83. The Morgan fingerprint density at radius 2 is 1.93 bits per heavy atom. The maximum atomic E-state index is 12.5. The summed E-state index contributed by atoms with van der Waals surface area (Å²) >= 11 is 1.44. The lowest BCUT2D eigenvalue weighted by Gasteiger charge is -2.07. The van der Waals surface area contributed by atoms with E-state index < -0.39 is 4.92 Å². The fraction of sp³-hybridized carbons (Fsp3) is 0.150. The van der Waals surface area contributed by atoms with Crippen molar-refractivity contribution in [2.45, 2.75) is 24.8 Å². The average molecular weight is 407 g/mol. The minimum atomic E-state index is -0.462. The maximum absolute atomic E-state index is 12.5. The van der Waals surface area contributed by atoms with Gasteiger partial charge in [-0.1, -0.05) is 35.5 Å². The zero-order valence-electron chi connectivity index (χ0n) is 15.7. The highest BCUT2D eigenvalue weighted by Crippen LogP contribution is 2.24. The lowest BCUT2D eigenvalue weighted by molar-refractivity contribution is -0.384. The molecule has 2 aromatic carbocycles. The summed E-state index contributed by atoms with van der Waals surface area (Å²) in [6, 6.07) is 12.2. The summed E-state index contributed by atoms with van der Waals surface area (Å²) in [5, 5.41) is 16.0. The number of nitrogens with zero attached hydrogens (tertiary/aromatic N) is 4. The van der Waals surface area contributed by atoms with E-state index in [2.05, 4.69) is 40.2 Å². The number of hydrogen-bond acceptors (Lipinski definition) is 6. The SMILES string of the molecule is Cc1ccc(C)c(CSc2nc3c(cnn3-c3ccc([N+](=O)[O-])cc3)c(=O)[nH]2)c1. The number of aromatic amines is 1. The van der Waals surface area contributed by atoms with Crippen LogP contribution in [0.5, 0.6) is 0 Å². The normalized spacial score (nSPS) is 11.1. The lowest BCUT2D eigenvalue weighted by atomic mass is 10.1. The summed E-state index contributed by atoms with van der Waals surface area (Å²) in [5.41, 5.74) is 4.26. The van der Waals surface area contributed by atoms with Crippen LogP contribution in [-0.4, -0.2) is 24.7 Å². The molecule has 8 nitrogen and oxygen atoms in total. The molecule has 0 radical (unpaired) electrons. The largest absolute Gasteiger partial charge is 0.301 e. The monoisotopic (exact) mass is 407 g/mol. The van der Waals surface area contributed by atoms with Gasteiger partial charge in [-0.2, -0.15) is 5.10 Å². The molecule has 4 rings (SSSR count). The van der Waals surface area contributed by atoms with E-state index in [4.69, 9.17) is 0 Å². The predicted molar refractivity (Wildman–Crippen MR) is 112 cm³/mol. The van der Waals surface area contributed by atoms with Gasteiger partial charge in [-0.25, -0.2) is 9.67 Å². The van der Waals surface area contributed by atoms with Crippen LogP contribution in [0.2, 0.25) is 0 Å². The molecule has 0 spiro atoms. The second kappa shape index (κ2) is 7.51. The van der Waals surface area contributed by atoms with Crippen molar-refractivity contribution in [1.82, 2.24) is 19.7 Å². The Morgan fingerprint density at radius 3 is 2.66 bits per heavy atom. The molecule has 2 heterocycles. The Bertz CT molecular complexity index is 1280. The molecule has 0 fully saturated rings. The summed E-state index contributed by atoms with van der Waals surface area (Å²) in [7, 11) is 0. The summed E-state index contributed by atoms with van der Waals surface area (Å²) in [6.45, 7) is 4.10. The molecule has 0 aliphatic rings. The van der Waals surface area contributed by atoms with E-state index >= 15 is 0 Å². The fourth-order valence-corrected chi connectivity index (χ4v) is 3.89. The van der Waals surface area contributed by atoms with E-state index in [0.717, 1.165) is 0 Å². The number of aryl methyl sites for hydroxylation is 2. The van der Waals surface area contributed by atoms with Crippen LogP contribution in [0.15, 0.2) is 58.6 Å². The van der Waals surface area contributed by atoms with Crippen molar-refractivity contribution >= 4 is 28.5 Å². The van der Waals surface area contributed by atoms with E-state index in [9.17, 15) is 14.9 Å². The Kier molecular flexibility index (Phi) is 4.89. The zero-order chi connectivity index (χ0) is 20.5. The number of nitro groups is 1. The molecule has 2 aromatic heterocycles. The van der Waals surface area contributed by atoms with Gasteiger partial charge in [0.15, 0.2) is 10.8 Å². The Hall–Kier alpha value is -3.46. The summed E-state index contributed by atoms with van der Waals surface area (Å²) in [5.74, 6) is 0.674. The predicted octanol–water partition coefficient (Wildman–Crippen LogP) is 3.93. The number of H-pyrrole nitrogens is 1. The van der Waals surface area contributed by atoms with Crippen molar-refractivity contribution in [1.29, 1.82) is 0 Å². The number of thioether (sulfide) groups is 1. The van der Waals surface area contributed by atoms with E-state index in [0.29, 0.717) is 27.6 Å². The molecule has 0 unspecified atom stereocenters. The number of nitrogens with one attached hydrogen (secondary N) is 1. The third kappa shape index (κ3) is 3.77. The molecular weight excluding hydrogens is 390 g/mol. The molecule has 146 valence electrons. The van der Waals surface area contributed by atoms with Crippen molar-refractivity contribution in [2.24, 2.45) is 0 Å². The lowest BCUT2D eigenvalue weighted by Crippen LogP contribution is -2.10. The minimum Gasteiger partial charge on any atom is -0.301 e. The molecule has 0 amide bonds. The van der Waals surface area contributed by atoms with E-state index in [1.165, 1.54) is 51.5 Å². The minimum absolute atomic E-state index is 0.0132. The van der Waals surface area contributed by atoms with Gasteiger partial charge in [-0.05, 0) is 37.1 Å². The highest BCUT2D eigenvalue weighted by atomic mass is 32.2. The van der Waals surface area contributed by atoms with Crippen LogP contribution in [0.1, 0.15) is 16.7 Å². The van der Waals surface area contributed by atoms with Crippen molar-refractivity contribution in [3.8, 4) is 5.69 Å². The summed E-state index contributed by atoms with van der Waals surface area (Å²) in [6.07, 6.45) is 1.45. The van der Waals surface area contributed by atoms with Crippen molar-refractivity contribution in [2.75, 3.05) is 0 Å². The molecule has 9 heteroatoms. The molecule has 0 aliphatic carbocycles. The van der Waals surface area contributed by atoms with E-state index in [1.54, 1.807) is 12.1 Å². The molecule has 0 aliphatic heterocycles. The second-order valence-corrected chi connectivity index (χ2v) is 7.62. The molecule has 0 saturated carbocycles. The van der Waals surface area contributed by atoms with E-state index in [1.807, 2.05) is 6.92 Å². The maximum Gasteiger partial charge on any atom is 0.269 e. The van der Waals surface area contributed by atoms with Gasteiger partial charge < -0.3 is 4.98 Å². The number of nitro benzene ring substituents is 1. The third-order valence-electron chi connectivity index (χ3n) is 4.59. The van der Waals surface area contributed by atoms with Gasteiger partial charge in [0, 0.05) is 17.9 Å². The molecule has 4 aromatic rings. The Balaban J connectivity index is 1.68. The van der Waals surface area contributed by atoms with Crippen LogP contribution in [0.25, 0.3) is 16.7 Å². The highest BCUT2D eigenvalue weighted by Gasteiger charge is 2.13. The van der Waals surface area contributed by atoms with Gasteiger partial charge in [0.25, 0.3) is 11.2 Å². The molecule has 0 saturated heterocycles. The number of fused-ring (bicyclic) bond motifs is 1. The van der Waals surface area contributed by atoms with Crippen molar-refractivity contribution in [3.63, 3.8) is 0 Å². The molecule has 1 N–H and O–H groups in total. The van der Waals surface area contributed by atoms with Crippen LogP contribution < -0.4 is 5.56 Å². The molecule has 0 bridgehead atoms. The number of rotatable bonds is 5. The summed E-state index contributed by atoms with van der Waals surface area (Å²) < 4.78 is 1.51. The van der Waals surface area contributed by atoms with Crippen LogP contribution in [0.4, 0.5) is 5.69 Å². The molecule has 0 atom stereocenters. The first-order chi connectivity index (χ1) is 13.9. The highest BCUT2D eigenvalue weighted by molar-refractivity contribution is 7.98. The Labute approximate surface area is 169 Å². The van der Waals surface area contributed by atoms with Gasteiger partial charge in [0.05, 0.1) is 16.8 Å². The third-order valence-corrected chi connectivity index (χ3v) is 5.51. The molecular formula is C20H17N5O3S. The van der Waals surface area contributed by atoms with Gasteiger partial charge in [-0.15, -0.1) is 0 Å². The van der Waals surface area contributed by atoms with Crippen molar-refractivity contribution < 1.29 is 4.92 Å². The smallest absolute Gasteiger partial charge is 0.269 e. The van der Waals surface area contributed by atoms with Gasteiger partial charge in [0.2, 0.25) is 0 Å². The Morgan fingerprint density at radius 1 is 1.17 bits per heavy atom. The topological polar surface area (TPSA) is 107 Å². The van der Waals surface area contributed by atoms with Crippen molar-refractivity contribution in [3.05, 3.63) is 85.8 Å². The van der Waals surface area contributed by atoms with Gasteiger partial charge in [0.1, 0.15) is 5.39 Å². The quantitative estimate of drug-likeness (QED) is 0.232. The number of non-ortho nitro benzene ring substituents is 1. The summed E-state index contributed by atoms with van der Waals surface area (Å²) in [4.78, 5) is 30.2. The first-order valence-electron chi connectivity index (χ1n) is 8.84. The first kappa shape index (κ1) is 18.9. The van der Waals surface area contributed by atoms with Gasteiger partial charge >= 0.3 is 0 Å². The fourth-order valence-electron chi connectivity index (χ4n) is 2.97. The molecule has 29 heavy (non-hydrogen) atoms. The average Bonchev–Trinajstić information content (AvgIpc) is 3.13.